The van der Waals surface area contributed by atoms with Crippen LogP contribution in [0.25, 0.3) is 10.2 Å². The largest absolute Gasteiger partial charge is 0.494 e. The predicted molar refractivity (Wildman–Crippen MR) is 82.2 cm³/mol. The van der Waals surface area contributed by atoms with Crippen molar-refractivity contribution in [2.24, 2.45) is 0 Å². The lowest BCUT2D eigenvalue weighted by Crippen LogP contribution is -2.48. The van der Waals surface area contributed by atoms with Gasteiger partial charge in [0, 0.05) is 13.1 Å². The fourth-order valence-corrected chi connectivity index (χ4v) is 3.64. The van der Waals surface area contributed by atoms with Crippen LogP contribution < -0.4 is 9.64 Å². The zero-order valence-corrected chi connectivity index (χ0v) is 12.7. The molecule has 0 spiro atoms. The van der Waals surface area contributed by atoms with E-state index in [0.29, 0.717) is 6.04 Å². The molecule has 3 aromatic rings. The fourth-order valence-electron chi connectivity index (χ4n) is 2.57. The molecule has 0 saturated carbocycles. The van der Waals surface area contributed by atoms with Crippen molar-refractivity contribution in [3.63, 3.8) is 0 Å². The maximum atomic E-state index is 5.41. The molecule has 1 aromatic carbocycles. The summed E-state index contributed by atoms with van der Waals surface area (Å²) in [4.78, 5) is 8.79. The monoisotopic (exact) mass is 301 g/mol. The lowest BCUT2D eigenvalue weighted by Gasteiger charge is -2.37. The van der Waals surface area contributed by atoms with Gasteiger partial charge < -0.3 is 9.64 Å². The minimum absolute atomic E-state index is 0.343. The number of rotatable bonds is 3. The lowest BCUT2D eigenvalue weighted by atomic mass is 10.1. The Hall–Kier alpha value is -2.15. The van der Waals surface area contributed by atoms with Crippen molar-refractivity contribution in [2.75, 3.05) is 25.1 Å². The molecule has 1 saturated heterocycles. The van der Waals surface area contributed by atoms with Crippen LogP contribution in [0.1, 0.15) is 11.6 Å². The van der Waals surface area contributed by atoms with Gasteiger partial charge in [-0.15, -0.1) is 0 Å². The van der Waals surface area contributed by atoms with Crippen molar-refractivity contribution in [1.82, 2.24) is 20.0 Å². The van der Waals surface area contributed by atoms with Crippen molar-refractivity contribution < 1.29 is 4.74 Å². The van der Waals surface area contributed by atoms with Crippen LogP contribution in [0.2, 0.25) is 0 Å². The zero-order valence-electron chi connectivity index (χ0n) is 11.9. The van der Waals surface area contributed by atoms with Crippen LogP contribution in [0.3, 0.4) is 0 Å². The summed E-state index contributed by atoms with van der Waals surface area (Å²) >= 11 is 1.72. The van der Waals surface area contributed by atoms with Crippen LogP contribution in [0.15, 0.2) is 24.5 Å². The Bertz CT molecular complexity index is 776. The third-order valence-electron chi connectivity index (χ3n) is 3.81. The molecule has 6 nitrogen and oxygen atoms in total. The Balaban J connectivity index is 1.62. The molecule has 0 aliphatic carbocycles. The number of fused-ring (bicyclic) bond motifs is 1. The van der Waals surface area contributed by atoms with Gasteiger partial charge in [0.05, 0.1) is 24.2 Å². The zero-order chi connectivity index (χ0) is 14.4. The Morgan fingerprint density at radius 1 is 1.24 bits per heavy atom. The van der Waals surface area contributed by atoms with Crippen LogP contribution in [0.5, 0.6) is 5.75 Å². The second kappa shape index (κ2) is 4.70. The highest BCUT2D eigenvalue weighted by Gasteiger charge is 2.32. The minimum atomic E-state index is 0.343. The van der Waals surface area contributed by atoms with Gasteiger partial charge in [-0.05, 0) is 18.6 Å². The Morgan fingerprint density at radius 2 is 2.00 bits per heavy atom. The summed E-state index contributed by atoms with van der Waals surface area (Å²) in [5.41, 5.74) is 2.19. The SMILES string of the molecule is COc1ccc(C)c2sc(N3CC(n4nccn4)C3)nc12. The molecule has 1 fully saturated rings. The number of ether oxygens (including phenoxy) is 1. The quantitative estimate of drug-likeness (QED) is 0.743. The van der Waals surface area contributed by atoms with Crippen LogP contribution in [-0.2, 0) is 0 Å². The second-order valence-corrected chi connectivity index (χ2v) is 6.14. The first-order valence-corrected chi connectivity index (χ1v) is 7.63. The number of aromatic nitrogens is 4. The number of anilines is 1. The Labute approximate surface area is 126 Å². The molecule has 7 heteroatoms. The van der Waals surface area contributed by atoms with Crippen molar-refractivity contribution in [1.29, 1.82) is 0 Å². The van der Waals surface area contributed by atoms with E-state index in [2.05, 4.69) is 28.1 Å². The summed E-state index contributed by atoms with van der Waals surface area (Å²) < 4.78 is 6.61. The molecule has 0 amide bonds. The molecular formula is C14H15N5OS. The summed E-state index contributed by atoms with van der Waals surface area (Å²) in [5, 5.41) is 9.43. The molecule has 0 atom stereocenters. The summed E-state index contributed by atoms with van der Waals surface area (Å²) in [7, 11) is 1.69. The summed E-state index contributed by atoms with van der Waals surface area (Å²) in [6.07, 6.45) is 3.43. The van der Waals surface area contributed by atoms with Gasteiger partial charge in [-0.25, -0.2) is 4.98 Å². The number of aryl methyl sites for hydroxylation is 1. The van der Waals surface area contributed by atoms with E-state index in [1.807, 2.05) is 6.07 Å². The Morgan fingerprint density at radius 3 is 2.71 bits per heavy atom. The number of hydrogen-bond donors (Lipinski definition) is 0. The van der Waals surface area contributed by atoms with Gasteiger partial charge in [0.2, 0.25) is 0 Å². The van der Waals surface area contributed by atoms with Gasteiger partial charge in [-0.2, -0.15) is 15.0 Å². The van der Waals surface area contributed by atoms with Crippen LogP contribution >= 0.6 is 11.3 Å². The van der Waals surface area contributed by atoms with E-state index in [4.69, 9.17) is 9.72 Å². The van der Waals surface area contributed by atoms with Gasteiger partial charge in [-0.1, -0.05) is 17.4 Å². The lowest BCUT2D eigenvalue weighted by molar-refractivity contribution is 0.332. The normalized spacial score (nSPS) is 15.4. The van der Waals surface area contributed by atoms with E-state index >= 15 is 0 Å². The topological polar surface area (TPSA) is 56.1 Å². The van der Waals surface area contributed by atoms with Gasteiger partial charge >= 0.3 is 0 Å². The van der Waals surface area contributed by atoms with Crippen molar-refractivity contribution in [3.8, 4) is 5.75 Å². The number of hydrogen-bond acceptors (Lipinski definition) is 6. The van der Waals surface area contributed by atoms with E-state index in [-0.39, 0.29) is 0 Å². The van der Waals surface area contributed by atoms with Gasteiger partial charge in [-0.3, -0.25) is 0 Å². The number of thiazole rings is 1. The van der Waals surface area contributed by atoms with Crippen molar-refractivity contribution >= 4 is 26.7 Å². The summed E-state index contributed by atoms with van der Waals surface area (Å²) in [6.45, 7) is 3.90. The fraction of sp³-hybridized carbons (Fsp3) is 0.357. The minimum Gasteiger partial charge on any atom is -0.494 e. The molecule has 0 bridgehead atoms. The van der Waals surface area contributed by atoms with E-state index in [1.54, 1.807) is 35.6 Å². The second-order valence-electron chi connectivity index (χ2n) is 5.17. The third kappa shape index (κ3) is 1.96. The maximum absolute atomic E-state index is 5.41. The van der Waals surface area contributed by atoms with Gasteiger partial charge in [0.25, 0.3) is 0 Å². The number of nitrogens with zero attached hydrogens (tertiary/aromatic N) is 5. The van der Waals surface area contributed by atoms with Gasteiger partial charge in [0.1, 0.15) is 17.3 Å². The molecule has 2 aromatic heterocycles. The first-order chi connectivity index (χ1) is 10.3. The Kier molecular flexibility index (Phi) is 2.81. The highest BCUT2D eigenvalue weighted by Crippen LogP contribution is 2.38. The molecule has 4 rings (SSSR count). The highest BCUT2D eigenvalue weighted by atomic mass is 32.1. The molecule has 1 aliphatic rings. The van der Waals surface area contributed by atoms with Crippen LogP contribution in [0, 0.1) is 6.92 Å². The summed E-state index contributed by atoms with van der Waals surface area (Å²) in [5.74, 6) is 0.837. The molecule has 0 radical (unpaired) electrons. The van der Waals surface area contributed by atoms with E-state index in [9.17, 15) is 0 Å². The van der Waals surface area contributed by atoms with Gasteiger partial charge in [0.15, 0.2) is 5.13 Å². The standard InChI is InChI=1S/C14H15N5OS/c1-9-3-4-11(20-2)12-13(9)21-14(17-12)18-7-10(8-18)19-15-5-6-16-19/h3-6,10H,7-8H2,1-2H3. The molecule has 3 heterocycles. The van der Waals surface area contributed by atoms with E-state index in [0.717, 1.165) is 29.5 Å². The number of methoxy groups -OCH3 is 1. The van der Waals surface area contributed by atoms with Crippen LogP contribution in [0.4, 0.5) is 5.13 Å². The van der Waals surface area contributed by atoms with E-state index in [1.165, 1.54) is 10.3 Å². The third-order valence-corrected chi connectivity index (χ3v) is 5.06. The molecule has 1 aliphatic heterocycles. The van der Waals surface area contributed by atoms with Crippen molar-refractivity contribution in [3.05, 3.63) is 30.1 Å². The molecule has 0 unspecified atom stereocenters. The van der Waals surface area contributed by atoms with Crippen molar-refractivity contribution in [2.45, 2.75) is 13.0 Å². The maximum Gasteiger partial charge on any atom is 0.186 e. The molecule has 108 valence electrons. The highest BCUT2D eigenvalue weighted by molar-refractivity contribution is 7.22. The number of benzene rings is 1. The average Bonchev–Trinajstić information content (AvgIpc) is 3.07. The van der Waals surface area contributed by atoms with E-state index < -0.39 is 0 Å². The summed E-state index contributed by atoms with van der Waals surface area (Å²) in [6, 6.07) is 4.40. The molecular weight excluding hydrogens is 286 g/mol. The molecule has 0 N–H and O–H groups in total. The predicted octanol–water partition coefficient (Wildman–Crippen LogP) is 2.27. The smallest absolute Gasteiger partial charge is 0.186 e. The first kappa shape index (κ1) is 12.6. The van der Waals surface area contributed by atoms with Crippen LogP contribution in [-0.4, -0.2) is 40.2 Å². The molecule has 21 heavy (non-hydrogen) atoms. The average molecular weight is 301 g/mol. The first-order valence-electron chi connectivity index (χ1n) is 6.81.